The average Bonchev–Trinajstić information content (AvgIpc) is 2.90. The summed E-state index contributed by atoms with van der Waals surface area (Å²) in [4.78, 5) is 8.05. The van der Waals surface area contributed by atoms with E-state index in [0.717, 1.165) is 51.6 Å². The van der Waals surface area contributed by atoms with Crippen molar-refractivity contribution >= 4 is 22.6 Å². The second-order valence-corrected chi connectivity index (χ2v) is 6.84. The van der Waals surface area contributed by atoms with Crippen LogP contribution in [0.1, 0.15) is 25.8 Å². The fourth-order valence-corrected chi connectivity index (χ4v) is 3.22. The van der Waals surface area contributed by atoms with Crippen molar-refractivity contribution < 1.29 is 4.74 Å². The van der Waals surface area contributed by atoms with Crippen LogP contribution in [0.25, 0.3) is 22.4 Å². The zero-order chi connectivity index (χ0) is 15.3. The molecule has 0 unspecified atom stereocenters. The minimum Gasteiger partial charge on any atom is -0.487 e. The number of H-pyrrole nitrogens is 1. The molecule has 4 heteroatoms. The summed E-state index contributed by atoms with van der Waals surface area (Å²) in [5.74, 6) is 1.71. The summed E-state index contributed by atoms with van der Waals surface area (Å²) in [7, 11) is 0. The quantitative estimate of drug-likeness (QED) is 0.687. The highest BCUT2D eigenvalue weighted by Gasteiger charge is 2.29. The second kappa shape index (κ2) is 4.75. The van der Waals surface area contributed by atoms with Gasteiger partial charge in [-0.05, 0) is 56.5 Å². The van der Waals surface area contributed by atoms with E-state index in [4.69, 9.17) is 16.3 Å². The van der Waals surface area contributed by atoms with Crippen LogP contribution in [-0.2, 0) is 6.42 Å². The normalized spacial score (nSPS) is 16.3. The molecule has 2 aromatic carbocycles. The predicted molar refractivity (Wildman–Crippen MR) is 89.6 cm³/mol. The average molecular weight is 313 g/mol. The Hall–Kier alpha value is -2.00. The van der Waals surface area contributed by atoms with Gasteiger partial charge in [-0.2, -0.15) is 0 Å². The van der Waals surface area contributed by atoms with E-state index < -0.39 is 0 Å². The summed E-state index contributed by atoms with van der Waals surface area (Å²) in [6, 6.07) is 11.9. The number of rotatable bonds is 1. The Labute approximate surface area is 134 Å². The van der Waals surface area contributed by atoms with Gasteiger partial charge in [0.15, 0.2) is 0 Å². The van der Waals surface area contributed by atoms with Crippen LogP contribution in [0.15, 0.2) is 36.4 Å². The summed E-state index contributed by atoms with van der Waals surface area (Å²) >= 11 is 6.30. The van der Waals surface area contributed by atoms with Gasteiger partial charge in [0.1, 0.15) is 17.2 Å². The molecule has 0 amide bonds. The molecule has 1 aliphatic rings. The van der Waals surface area contributed by atoms with Gasteiger partial charge in [0, 0.05) is 5.02 Å². The van der Waals surface area contributed by atoms with E-state index in [9.17, 15) is 0 Å². The summed E-state index contributed by atoms with van der Waals surface area (Å²) in [5.41, 5.74) is 3.89. The van der Waals surface area contributed by atoms with E-state index in [0.29, 0.717) is 0 Å². The number of ether oxygens (including phenoxy) is 1. The molecule has 2 heterocycles. The third-order valence-electron chi connectivity index (χ3n) is 4.15. The highest BCUT2D eigenvalue weighted by molar-refractivity contribution is 6.31. The monoisotopic (exact) mass is 312 g/mol. The third-order valence-corrected chi connectivity index (χ3v) is 4.37. The van der Waals surface area contributed by atoms with E-state index in [-0.39, 0.29) is 5.60 Å². The molecule has 0 bridgehead atoms. The molecule has 0 spiro atoms. The minimum atomic E-state index is -0.165. The largest absolute Gasteiger partial charge is 0.487 e. The third kappa shape index (κ3) is 2.26. The molecule has 1 aromatic heterocycles. The zero-order valence-electron chi connectivity index (χ0n) is 12.6. The Kier molecular flexibility index (Phi) is 2.95. The first-order valence-corrected chi connectivity index (χ1v) is 7.86. The van der Waals surface area contributed by atoms with E-state index in [1.807, 2.05) is 36.4 Å². The minimum absolute atomic E-state index is 0.165. The molecule has 0 fully saturated rings. The first-order valence-electron chi connectivity index (χ1n) is 7.48. The first-order chi connectivity index (χ1) is 10.5. The summed E-state index contributed by atoms with van der Waals surface area (Å²) in [5, 5.41) is 0.720. The van der Waals surface area contributed by atoms with Crippen LogP contribution in [0.4, 0.5) is 0 Å². The van der Waals surface area contributed by atoms with Crippen molar-refractivity contribution in [2.75, 3.05) is 0 Å². The van der Waals surface area contributed by atoms with Gasteiger partial charge in [0.2, 0.25) is 0 Å². The number of nitrogens with zero attached hydrogens (tertiary/aromatic N) is 1. The number of benzene rings is 2. The number of halogens is 1. The van der Waals surface area contributed by atoms with Crippen LogP contribution in [0.2, 0.25) is 5.02 Å². The Morgan fingerprint density at radius 1 is 1.23 bits per heavy atom. The molecule has 1 N–H and O–H groups in total. The van der Waals surface area contributed by atoms with Crippen LogP contribution in [-0.4, -0.2) is 15.6 Å². The Morgan fingerprint density at radius 2 is 2.05 bits per heavy atom. The summed E-state index contributed by atoms with van der Waals surface area (Å²) in [6.45, 7) is 4.24. The Morgan fingerprint density at radius 3 is 2.86 bits per heavy atom. The maximum Gasteiger partial charge on any atom is 0.142 e. The molecule has 3 nitrogen and oxygen atoms in total. The van der Waals surface area contributed by atoms with Gasteiger partial charge in [0.25, 0.3) is 0 Å². The number of aryl methyl sites for hydroxylation is 1. The molecule has 3 aromatic rings. The molecular weight excluding hydrogens is 296 g/mol. The van der Waals surface area contributed by atoms with Crippen LogP contribution < -0.4 is 4.74 Å². The molecule has 22 heavy (non-hydrogen) atoms. The van der Waals surface area contributed by atoms with Crippen molar-refractivity contribution in [1.82, 2.24) is 9.97 Å². The molecule has 0 aliphatic carbocycles. The van der Waals surface area contributed by atoms with Crippen molar-refractivity contribution in [3.63, 3.8) is 0 Å². The molecule has 1 aliphatic heterocycles. The number of para-hydroxylation sites is 2. The first kappa shape index (κ1) is 13.6. The van der Waals surface area contributed by atoms with Gasteiger partial charge < -0.3 is 9.72 Å². The molecular formula is C18H17ClN2O. The fraction of sp³-hybridized carbons (Fsp3) is 0.278. The Bertz CT molecular complexity index is 834. The van der Waals surface area contributed by atoms with Gasteiger partial charge in [-0.15, -0.1) is 0 Å². The van der Waals surface area contributed by atoms with Crippen molar-refractivity contribution in [1.29, 1.82) is 0 Å². The van der Waals surface area contributed by atoms with E-state index in [1.165, 1.54) is 0 Å². The number of aromatic nitrogens is 2. The number of aromatic amines is 1. The molecule has 4 rings (SSSR count). The smallest absolute Gasteiger partial charge is 0.142 e. The lowest BCUT2D eigenvalue weighted by Gasteiger charge is -2.33. The number of hydrogen-bond donors (Lipinski definition) is 1. The topological polar surface area (TPSA) is 37.9 Å². The molecule has 0 atom stereocenters. The van der Waals surface area contributed by atoms with Gasteiger partial charge in [-0.3, -0.25) is 0 Å². The zero-order valence-corrected chi connectivity index (χ0v) is 13.4. The fourth-order valence-electron chi connectivity index (χ4n) is 2.98. The number of hydrogen-bond acceptors (Lipinski definition) is 2. The van der Waals surface area contributed by atoms with Crippen LogP contribution in [0, 0.1) is 0 Å². The van der Waals surface area contributed by atoms with Gasteiger partial charge in [0.05, 0.1) is 16.6 Å². The molecule has 0 saturated heterocycles. The maximum atomic E-state index is 6.30. The van der Waals surface area contributed by atoms with Crippen LogP contribution >= 0.6 is 11.6 Å². The standard InChI is InChI=1S/C18H17ClN2O/c1-18(2)8-7-11-9-12(19)10-13(16(11)22-18)17-20-14-5-3-4-6-15(14)21-17/h3-6,9-10H,7-8H2,1-2H3,(H,20,21). The summed E-state index contributed by atoms with van der Waals surface area (Å²) < 4.78 is 6.24. The van der Waals surface area contributed by atoms with Gasteiger partial charge in [-0.25, -0.2) is 4.98 Å². The van der Waals surface area contributed by atoms with Crippen LogP contribution in [0.3, 0.4) is 0 Å². The summed E-state index contributed by atoms with van der Waals surface area (Å²) in [6.07, 6.45) is 1.95. The lowest BCUT2D eigenvalue weighted by Crippen LogP contribution is -2.32. The second-order valence-electron chi connectivity index (χ2n) is 6.41. The van der Waals surface area contributed by atoms with Crippen molar-refractivity contribution in [3.8, 4) is 17.1 Å². The predicted octanol–water partition coefficient (Wildman–Crippen LogP) is 4.99. The number of imidazole rings is 1. The highest BCUT2D eigenvalue weighted by atomic mass is 35.5. The van der Waals surface area contributed by atoms with Gasteiger partial charge >= 0.3 is 0 Å². The van der Waals surface area contributed by atoms with Gasteiger partial charge in [-0.1, -0.05) is 23.7 Å². The number of nitrogens with one attached hydrogen (secondary N) is 1. The molecule has 0 saturated carbocycles. The Balaban J connectivity index is 1.92. The SMILES string of the molecule is CC1(C)CCc2cc(Cl)cc(-c3nc4ccccc4[nH]3)c2O1. The van der Waals surface area contributed by atoms with Crippen molar-refractivity contribution in [2.45, 2.75) is 32.3 Å². The van der Waals surface area contributed by atoms with Crippen LogP contribution in [0.5, 0.6) is 5.75 Å². The van der Waals surface area contributed by atoms with Crippen molar-refractivity contribution in [2.24, 2.45) is 0 Å². The molecule has 112 valence electrons. The lowest BCUT2D eigenvalue weighted by atomic mass is 9.92. The van der Waals surface area contributed by atoms with E-state index >= 15 is 0 Å². The van der Waals surface area contributed by atoms with Crippen molar-refractivity contribution in [3.05, 3.63) is 47.0 Å². The number of fused-ring (bicyclic) bond motifs is 2. The van der Waals surface area contributed by atoms with E-state index in [2.05, 4.69) is 23.8 Å². The highest BCUT2D eigenvalue weighted by Crippen LogP contribution is 2.42. The van der Waals surface area contributed by atoms with E-state index in [1.54, 1.807) is 0 Å². The maximum absolute atomic E-state index is 6.30. The lowest BCUT2D eigenvalue weighted by molar-refractivity contribution is 0.0854. The molecule has 0 radical (unpaired) electrons.